The van der Waals surface area contributed by atoms with Crippen molar-refractivity contribution < 1.29 is 4.79 Å². The lowest BCUT2D eigenvalue weighted by atomic mass is 10.0. The fourth-order valence-corrected chi connectivity index (χ4v) is 2.84. The summed E-state index contributed by atoms with van der Waals surface area (Å²) in [7, 11) is 0. The molecule has 4 heteroatoms. The van der Waals surface area contributed by atoms with E-state index in [0.717, 1.165) is 51.0 Å². The molecule has 2 saturated heterocycles. The Morgan fingerprint density at radius 3 is 2.59 bits per heavy atom. The first kappa shape index (κ1) is 12.8. The number of amides is 1. The highest BCUT2D eigenvalue weighted by molar-refractivity contribution is 5.78. The molecule has 0 bridgehead atoms. The number of hydrogen-bond acceptors (Lipinski definition) is 3. The molecule has 2 aliphatic heterocycles. The summed E-state index contributed by atoms with van der Waals surface area (Å²) < 4.78 is 0. The Labute approximate surface area is 104 Å². The maximum Gasteiger partial charge on any atom is 0.234 e. The molecule has 2 aliphatic rings. The fourth-order valence-electron chi connectivity index (χ4n) is 2.84. The van der Waals surface area contributed by atoms with Gasteiger partial charge < -0.3 is 10.6 Å². The van der Waals surface area contributed by atoms with Crippen LogP contribution >= 0.6 is 0 Å². The van der Waals surface area contributed by atoms with Crippen LogP contribution in [0.2, 0.25) is 0 Å². The third-order valence-corrected chi connectivity index (χ3v) is 3.88. The van der Waals surface area contributed by atoms with E-state index < -0.39 is 0 Å². The summed E-state index contributed by atoms with van der Waals surface area (Å²) in [6.45, 7) is 10.2. The maximum atomic E-state index is 11.7. The quantitative estimate of drug-likeness (QED) is 0.725. The van der Waals surface area contributed by atoms with Crippen LogP contribution in [0, 0.1) is 17.8 Å². The Bertz CT molecular complexity index is 255. The van der Waals surface area contributed by atoms with E-state index in [2.05, 4.69) is 29.4 Å². The van der Waals surface area contributed by atoms with Crippen LogP contribution in [-0.4, -0.2) is 50.1 Å². The number of rotatable bonds is 5. The Morgan fingerprint density at radius 1 is 1.35 bits per heavy atom. The Hall–Kier alpha value is -0.610. The third-order valence-electron chi connectivity index (χ3n) is 3.88. The first-order valence-electron chi connectivity index (χ1n) is 6.85. The maximum absolute atomic E-state index is 11.7. The molecule has 2 fully saturated rings. The van der Waals surface area contributed by atoms with Crippen molar-refractivity contribution in [1.82, 2.24) is 15.5 Å². The summed E-state index contributed by atoms with van der Waals surface area (Å²) in [5.74, 6) is 2.41. The number of fused-ring (bicyclic) bond motifs is 1. The van der Waals surface area contributed by atoms with Gasteiger partial charge in [-0.05, 0) is 37.3 Å². The number of hydrogen-bond donors (Lipinski definition) is 2. The molecular formula is C13H25N3O. The highest BCUT2D eigenvalue weighted by Crippen LogP contribution is 2.25. The lowest BCUT2D eigenvalue weighted by molar-refractivity contribution is -0.122. The minimum Gasteiger partial charge on any atom is -0.355 e. The van der Waals surface area contributed by atoms with Gasteiger partial charge in [-0.15, -0.1) is 0 Å². The van der Waals surface area contributed by atoms with Crippen molar-refractivity contribution >= 4 is 5.91 Å². The van der Waals surface area contributed by atoms with Crippen molar-refractivity contribution in [1.29, 1.82) is 0 Å². The lowest BCUT2D eigenvalue weighted by Crippen LogP contribution is -2.38. The number of nitrogens with one attached hydrogen (secondary N) is 2. The van der Waals surface area contributed by atoms with E-state index in [4.69, 9.17) is 0 Å². The average molecular weight is 239 g/mol. The first-order chi connectivity index (χ1) is 8.15. The second kappa shape index (κ2) is 5.83. The summed E-state index contributed by atoms with van der Waals surface area (Å²) in [4.78, 5) is 14.0. The molecule has 0 aromatic rings. The Morgan fingerprint density at radius 2 is 2.00 bits per heavy atom. The zero-order valence-electron chi connectivity index (χ0n) is 11.0. The van der Waals surface area contributed by atoms with Gasteiger partial charge in [0.2, 0.25) is 5.91 Å². The number of carbonyl (C=O) groups is 1. The summed E-state index contributed by atoms with van der Waals surface area (Å²) in [5, 5.41) is 6.43. The van der Waals surface area contributed by atoms with Gasteiger partial charge in [0.05, 0.1) is 6.54 Å². The highest BCUT2D eigenvalue weighted by Gasteiger charge is 2.36. The Balaban J connectivity index is 1.63. The highest BCUT2D eigenvalue weighted by atomic mass is 16.2. The van der Waals surface area contributed by atoms with Crippen LogP contribution in [0.3, 0.4) is 0 Å². The molecule has 98 valence electrons. The molecule has 0 aromatic heterocycles. The van der Waals surface area contributed by atoms with Crippen LogP contribution in [0.4, 0.5) is 0 Å². The van der Waals surface area contributed by atoms with Crippen molar-refractivity contribution in [2.45, 2.75) is 20.3 Å². The van der Waals surface area contributed by atoms with E-state index in [0.29, 0.717) is 12.5 Å². The second-order valence-corrected chi connectivity index (χ2v) is 5.90. The molecule has 2 heterocycles. The molecule has 2 unspecified atom stereocenters. The molecule has 0 aromatic carbocycles. The molecule has 0 aliphatic carbocycles. The van der Waals surface area contributed by atoms with Crippen LogP contribution in [0.5, 0.6) is 0 Å². The molecular weight excluding hydrogens is 214 g/mol. The molecule has 4 nitrogen and oxygen atoms in total. The predicted octanol–water partition coefficient (Wildman–Crippen LogP) is 0.300. The normalized spacial score (nSPS) is 28.6. The molecule has 1 amide bonds. The summed E-state index contributed by atoms with van der Waals surface area (Å²) in [6.07, 6.45) is 1.07. The third kappa shape index (κ3) is 3.68. The van der Waals surface area contributed by atoms with E-state index in [-0.39, 0.29) is 5.91 Å². The van der Waals surface area contributed by atoms with Gasteiger partial charge in [0.25, 0.3) is 0 Å². The van der Waals surface area contributed by atoms with Gasteiger partial charge in [-0.1, -0.05) is 13.8 Å². The summed E-state index contributed by atoms with van der Waals surface area (Å²) in [5.41, 5.74) is 0. The predicted molar refractivity (Wildman–Crippen MR) is 68.8 cm³/mol. The van der Waals surface area contributed by atoms with Crippen molar-refractivity contribution in [2.75, 3.05) is 39.3 Å². The summed E-state index contributed by atoms with van der Waals surface area (Å²) in [6, 6.07) is 0. The van der Waals surface area contributed by atoms with Gasteiger partial charge >= 0.3 is 0 Å². The van der Waals surface area contributed by atoms with Gasteiger partial charge in [0, 0.05) is 19.6 Å². The van der Waals surface area contributed by atoms with Crippen molar-refractivity contribution in [3.05, 3.63) is 0 Å². The van der Waals surface area contributed by atoms with Crippen molar-refractivity contribution in [3.63, 3.8) is 0 Å². The van der Waals surface area contributed by atoms with Gasteiger partial charge in [0.1, 0.15) is 0 Å². The zero-order valence-corrected chi connectivity index (χ0v) is 11.0. The van der Waals surface area contributed by atoms with Gasteiger partial charge in [-0.3, -0.25) is 9.69 Å². The standard InChI is InChI=1S/C13H25N3O/c1-10(2)3-4-15-13(17)9-16-7-11-5-14-6-12(11)8-16/h10-12,14H,3-9H2,1-2H3,(H,15,17). The van der Waals surface area contributed by atoms with E-state index in [9.17, 15) is 4.79 Å². The van der Waals surface area contributed by atoms with Gasteiger partial charge in [-0.2, -0.15) is 0 Å². The van der Waals surface area contributed by atoms with E-state index >= 15 is 0 Å². The van der Waals surface area contributed by atoms with Crippen molar-refractivity contribution in [2.24, 2.45) is 17.8 Å². The minimum atomic E-state index is 0.193. The molecule has 0 spiro atoms. The molecule has 0 saturated carbocycles. The molecule has 2 atom stereocenters. The smallest absolute Gasteiger partial charge is 0.234 e. The summed E-state index contributed by atoms with van der Waals surface area (Å²) >= 11 is 0. The van der Waals surface area contributed by atoms with Crippen LogP contribution in [0.1, 0.15) is 20.3 Å². The number of nitrogens with zero attached hydrogens (tertiary/aromatic N) is 1. The topological polar surface area (TPSA) is 44.4 Å². The molecule has 0 radical (unpaired) electrons. The number of carbonyl (C=O) groups excluding carboxylic acids is 1. The SMILES string of the molecule is CC(C)CCNC(=O)CN1CC2CNCC2C1. The zero-order chi connectivity index (χ0) is 12.3. The fraction of sp³-hybridized carbons (Fsp3) is 0.923. The van der Waals surface area contributed by atoms with Gasteiger partial charge in [-0.25, -0.2) is 0 Å². The second-order valence-electron chi connectivity index (χ2n) is 5.90. The van der Waals surface area contributed by atoms with Crippen LogP contribution < -0.4 is 10.6 Å². The Kier molecular flexibility index (Phi) is 4.40. The van der Waals surface area contributed by atoms with E-state index in [1.54, 1.807) is 0 Å². The average Bonchev–Trinajstić information content (AvgIpc) is 2.76. The van der Waals surface area contributed by atoms with Crippen LogP contribution in [0.15, 0.2) is 0 Å². The minimum absolute atomic E-state index is 0.193. The monoisotopic (exact) mass is 239 g/mol. The van der Waals surface area contributed by atoms with E-state index in [1.165, 1.54) is 0 Å². The lowest BCUT2D eigenvalue weighted by Gasteiger charge is -2.16. The van der Waals surface area contributed by atoms with Crippen LogP contribution in [-0.2, 0) is 4.79 Å². The first-order valence-corrected chi connectivity index (χ1v) is 6.85. The molecule has 2 rings (SSSR count). The number of likely N-dealkylation sites (tertiary alicyclic amines) is 1. The van der Waals surface area contributed by atoms with Crippen LogP contribution in [0.25, 0.3) is 0 Å². The van der Waals surface area contributed by atoms with E-state index in [1.807, 2.05) is 0 Å². The van der Waals surface area contributed by atoms with Gasteiger partial charge in [0.15, 0.2) is 0 Å². The molecule has 2 N–H and O–H groups in total. The van der Waals surface area contributed by atoms with Crippen molar-refractivity contribution in [3.8, 4) is 0 Å². The molecule has 17 heavy (non-hydrogen) atoms. The largest absolute Gasteiger partial charge is 0.355 e.